The van der Waals surface area contributed by atoms with Crippen LogP contribution in [0, 0.1) is 41.5 Å². The number of para-hydroxylation sites is 6. The molecule has 0 N–H and O–H groups in total. The maximum Gasteiger partial charge on any atom is 0.222 e. The van der Waals surface area contributed by atoms with Crippen LogP contribution in [0.1, 0.15) is 67.9 Å². The Labute approximate surface area is 723 Å². The normalized spacial score (nSPS) is 14.5. The fourth-order valence-electron chi connectivity index (χ4n) is 21.8. The first-order valence-corrected chi connectivity index (χ1v) is 51.3. The lowest BCUT2D eigenvalue weighted by Gasteiger charge is -2.30. The predicted molar refractivity (Wildman–Crippen MR) is 519 cm³/mol. The van der Waals surface area contributed by atoms with Crippen molar-refractivity contribution in [3.63, 3.8) is 0 Å². The number of ether oxygens (including phenoxy) is 2. The second kappa shape index (κ2) is 27.1. The minimum absolute atomic E-state index is 0.595. The number of fused-ring (bicyclic) bond motifs is 18. The van der Waals surface area contributed by atoms with Crippen LogP contribution in [0.2, 0.25) is 26.2 Å². The number of hydrogen-bond acceptors (Lipinski definition) is 10. The summed E-state index contributed by atoms with van der Waals surface area (Å²) in [6, 6.07) is 93.5. The van der Waals surface area contributed by atoms with E-state index >= 15 is 0 Å². The van der Waals surface area contributed by atoms with Crippen LogP contribution < -0.4 is 20.0 Å². The largest absolute Gasteiger partial charge is 0.485 e. The number of aromatic nitrogens is 12. The molecule has 18 heteroatoms. The second-order valence-electron chi connectivity index (χ2n) is 35.4. The Morgan fingerprint density at radius 2 is 0.653 bits per heavy atom. The topological polar surface area (TPSA) is 122 Å². The first-order valence-electron chi connectivity index (χ1n) is 42.9. The van der Waals surface area contributed by atoms with Crippen molar-refractivity contribution in [1.82, 2.24) is 56.3 Å². The number of aryl methyl sites for hydroxylation is 6. The summed E-state index contributed by atoms with van der Waals surface area (Å²) < 4.78 is 25.9. The minimum atomic E-state index is -1.50. The molecule has 0 spiro atoms. The Morgan fingerprint density at radius 3 is 1.22 bits per heavy atom. The molecular weight excluding hydrogens is 1590 g/mol. The molecule has 6 aliphatic rings. The summed E-state index contributed by atoms with van der Waals surface area (Å²) in [4.78, 5) is 30.5. The fraction of sp³-hybridized carbons (Fsp3) is 0.151. The van der Waals surface area contributed by atoms with Crippen molar-refractivity contribution in [3.05, 3.63) is 323 Å². The van der Waals surface area contributed by atoms with Gasteiger partial charge in [0.1, 0.15) is 71.6 Å². The predicted octanol–water partition coefficient (Wildman–Crippen LogP) is 24.7. The van der Waals surface area contributed by atoms with Crippen LogP contribution in [0.25, 0.3) is 164 Å². The van der Waals surface area contributed by atoms with Crippen molar-refractivity contribution in [2.75, 3.05) is 0 Å². The van der Waals surface area contributed by atoms with E-state index in [4.69, 9.17) is 39.4 Å². The Morgan fingerprint density at radius 1 is 0.266 bits per heavy atom. The van der Waals surface area contributed by atoms with Crippen LogP contribution in [-0.4, -0.2) is 72.5 Å². The van der Waals surface area contributed by atoms with Gasteiger partial charge >= 0.3 is 0 Å². The molecule has 0 atom stereocenters. The lowest BCUT2D eigenvalue weighted by molar-refractivity contribution is 0.283. The second-order valence-corrected chi connectivity index (χ2v) is 46.7. The highest BCUT2D eigenvalue weighted by Gasteiger charge is 2.38. The average Bonchev–Trinajstić information content (AvgIpc) is 1.49. The molecule has 14 nitrogen and oxygen atoms in total. The van der Waals surface area contributed by atoms with E-state index in [2.05, 4.69) is 336 Å². The monoisotopic (exact) mass is 1680 g/mol. The number of imidazole rings is 6. The van der Waals surface area contributed by atoms with Gasteiger partial charge in [0.2, 0.25) is 5.88 Å². The van der Waals surface area contributed by atoms with E-state index in [0.717, 1.165) is 91.0 Å². The molecule has 12 aromatic heterocycles. The van der Waals surface area contributed by atoms with E-state index in [0.29, 0.717) is 13.2 Å². The van der Waals surface area contributed by atoms with E-state index in [1.165, 1.54) is 191 Å². The number of rotatable bonds is 0. The van der Waals surface area contributed by atoms with Crippen molar-refractivity contribution in [3.8, 4) is 11.6 Å². The number of pyridine rings is 6. The van der Waals surface area contributed by atoms with Gasteiger partial charge in [-0.1, -0.05) is 269 Å². The number of hydrogen-bond donors (Lipinski definition) is 0. The molecule has 0 bridgehead atoms. The molecule has 24 aromatic rings. The first kappa shape index (κ1) is 73.4. The molecule has 124 heavy (non-hydrogen) atoms. The zero-order valence-electron chi connectivity index (χ0n) is 70.5. The Hall–Kier alpha value is -13.4. The highest BCUT2D eigenvalue weighted by atomic mass is 32.2. The molecule has 30 rings (SSSR count). The summed E-state index contributed by atoms with van der Waals surface area (Å²) in [5, 5.41) is 27.5. The third-order valence-electron chi connectivity index (χ3n) is 27.1. The summed E-state index contributed by atoms with van der Waals surface area (Å²) in [5.74, 6) is 3.88. The molecule has 6 aliphatic heterocycles. The third-order valence-corrected chi connectivity index (χ3v) is 35.6. The van der Waals surface area contributed by atoms with Crippen molar-refractivity contribution in [1.29, 1.82) is 0 Å². The summed E-state index contributed by atoms with van der Waals surface area (Å²) >= 11 is 3.82. The van der Waals surface area contributed by atoms with Crippen LogP contribution in [0.4, 0.5) is 0 Å². The van der Waals surface area contributed by atoms with E-state index in [1.54, 1.807) is 5.19 Å². The van der Waals surface area contributed by atoms with E-state index in [9.17, 15) is 0 Å². The summed E-state index contributed by atoms with van der Waals surface area (Å²) in [6.07, 6.45) is 0. The van der Waals surface area contributed by atoms with Gasteiger partial charge in [-0.2, -0.15) is 0 Å². The summed E-state index contributed by atoms with van der Waals surface area (Å²) in [6.45, 7) is 23.8. The maximum absolute atomic E-state index is 5.91. The molecule has 12 aromatic carbocycles. The van der Waals surface area contributed by atoms with Gasteiger partial charge in [0.05, 0.1) is 81.0 Å². The lowest BCUT2D eigenvalue weighted by Crippen LogP contribution is -2.50. The highest BCUT2D eigenvalue weighted by molar-refractivity contribution is 7.99. The van der Waals surface area contributed by atoms with Crippen LogP contribution >= 0.6 is 23.5 Å². The zero-order valence-corrected chi connectivity index (χ0v) is 74.1. The Kier molecular flexibility index (Phi) is 16.0. The highest BCUT2D eigenvalue weighted by Crippen LogP contribution is 2.47. The van der Waals surface area contributed by atoms with Crippen LogP contribution in [0.3, 0.4) is 0 Å². The first-order chi connectivity index (χ1) is 60.5. The quantitative estimate of drug-likeness (QED) is 0.107. The maximum atomic E-state index is 5.91. The van der Waals surface area contributed by atoms with Gasteiger partial charge in [0.25, 0.3) is 0 Å². The van der Waals surface area contributed by atoms with Crippen LogP contribution in [-0.2, 0) is 36.8 Å². The molecule has 0 radical (unpaired) electrons. The molecule has 18 heterocycles. The molecule has 0 fully saturated rings. The molecular formula is C106H84N12O2S2Si2. The molecule has 0 saturated carbocycles. The van der Waals surface area contributed by atoms with Crippen molar-refractivity contribution >= 4 is 214 Å². The molecule has 0 saturated heterocycles. The Balaban J connectivity index is 0.0000000816. The number of nitrogens with zero attached hydrogens (tertiary/aromatic N) is 12. The summed E-state index contributed by atoms with van der Waals surface area (Å²) in [5.41, 5.74) is 29.2. The van der Waals surface area contributed by atoms with E-state index in [1.807, 2.05) is 36.5 Å². The van der Waals surface area contributed by atoms with E-state index in [-0.39, 0.29) is 0 Å². The number of benzene rings is 12. The molecule has 0 amide bonds. The molecule has 600 valence electrons. The van der Waals surface area contributed by atoms with Crippen molar-refractivity contribution in [2.45, 2.75) is 114 Å². The van der Waals surface area contributed by atoms with Gasteiger partial charge in [-0.3, -0.25) is 26.4 Å². The molecule has 0 unspecified atom stereocenters. The van der Waals surface area contributed by atoms with Gasteiger partial charge in [-0.25, -0.2) is 29.9 Å². The number of thioether (sulfide) groups is 2. The van der Waals surface area contributed by atoms with Crippen molar-refractivity contribution < 1.29 is 9.47 Å². The van der Waals surface area contributed by atoms with Gasteiger partial charge in [-0.05, 0) is 114 Å². The Bertz CT molecular complexity index is 8220. The van der Waals surface area contributed by atoms with Gasteiger partial charge in [0, 0.05) is 97.6 Å². The standard InChI is InChI=1S/2C19H18N2Si.2C17H12N2O.2C17H12N2S/c1-12-19-21-17-13(11-22(19,2)3)7-6-10-15(17)14-8-4-5-9-16(14)18(21)20-12;1-12-16-11-22(2,3)17-10-6-9-14-13-7-4-5-8-15(13)19(20-12)21(16)18(14)17;1-10-17-19-15-11(9-20-17)5-4-8-13(15)12-6-2-3-7-14(12)16(19)18-10;1-10-14-9-20-15-8-4-7-12-11-5-2-3-6-13(11)17(18-10)19(14)16(12)15;1-10-17-19-15-11(9-20-17)5-4-8-13(15)12-6-2-3-7-14(12)16(19)18-10;1-10-14-9-20-15-8-4-7-12-11-5-2-3-6-13(11)17(18-10)19(14)16(12)15/h2*4-10H,11H2,1-3H3;4*2-8H,9H2,1H3. The van der Waals surface area contributed by atoms with E-state index < -0.39 is 16.1 Å². The van der Waals surface area contributed by atoms with Crippen LogP contribution in [0.5, 0.6) is 11.6 Å². The fourth-order valence-corrected chi connectivity index (χ4v) is 30.2. The summed E-state index contributed by atoms with van der Waals surface area (Å²) in [7, 11) is -2.96. The van der Waals surface area contributed by atoms with Gasteiger partial charge in [-0.15, -0.1) is 23.5 Å². The zero-order chi connectivity index (χ0) is 83.2. The SMILES string of the molecule is Cc1nc2c3ccccc3c3cccc4c3n2c1CO4.Cc1nc2c3ccccc3c3cccc4c3n2c1CS4.Cc1nc2c3ccccc3c3cccc4c3n2c1C[Si]4(C)C.Cc1nc2c3ccccc3c3cccc4c3n2c1OC4.Cc1nc2c3ccccc3c3cccc4c3n2c1SC4.Cc1nc2c3ccccc3c3cccc4c3n2c1[Si](C)(C)C4. The van der Waals surface area contributed by atoms with Gasteiger partial charge in [0.15, 0.2) is 0 Å². The van der Waals surface area contributed by atoms with Crippen LogP contribution in [0.15, 0.2) is 265 Å². The smallest absolute Gasteiger partial charge is 0.222 e. The average molecular weight is 1680 g/mol. The minimum Gasteiger partial charge on any atom is -0.485 e. The lowest BCUT2D eigenvalue weighted by atomic mass is 10.0. The third kappa shape index (κ3) is 10.5. The molecule has 0 aliphatic carbocycles. The van der Waals surface area contributed by atoms with Crippen molar-refractivity contribution in [2.24, 2.45) is 0 Å². The van der Waals surface area contributed by atoms with Gasteiger partial charge < -0.3 is 9.47 Å².